The Hall–Kier alpha value is -1.06. The molecule has 3 N–H and O–H groups in total. The van der Waals surface area contributed by atoms with Crippen molar-refractivity contribution in [2.45, 2.75) is 31.8 Å². The molecule has 0 heterocycles. The maximum atomic E-state index is 11.4. The van der Waals surface area contributed by atoms with Gasteiger partial charge in [0.05, 0.1) is 0 Å². The van der Waals surface area contributed by atoms with Crippen molar-refractivity contribution in [2.75, 3.05) is 0 Å². The molecule has 4 heteroatoms. The van der Waals surface area contributed by atoms with Gasteiger partial charge in [0.25, 0.3) is 0 Å². The fourth-order valence-corrected chi connectivity index (χ4v) is 1.81. The Labute approximate surface area is 100.0 Å². The van der Waals surface area contributed by atoms with E-state index in [0.717, 1.165) is 24.0 Å². The number of benzene rings is 1. The Morgan fingerprint density at radius 1 is 1.56 bits per heavy atom. The summed E-state index contributed by atoms with van der Waals surface area (Å²) in [6, 6.07) is 5.61. The molecule has 0 aromatic heterocycles. The Morgan fingerprint density at radius 2 is 2.25 bits per heavy atom. The molecule has 16 heavy (non-hydrogen) atoms. The standard InChI is InChI=1S/C12H15ClN2O/c1-7-2-3-8(6-10(7)13)11(12(14)16)15-9-4-5-9/h2-3,6,9,11,15H,4-5H2,1H3,(H2,14,16). The van der Waals surface area contributed by atoms with Gasteiger partial charge in [0.15, 0.2) is 0 Å². The summed E-state index contributed by atoms with van der Waals surface area (Å²) in [5, 5.41) is 3.89. The van der Waals surface area contributed by atoms with Crippen LogP contribution in [0.5, 0.6) is 0 Å². The third kappa shape index (κ3) is 2.54. The molecule has 1 aliphatic carbocycles. The molecule has 1 aromatic rings. The van der Waals surface area contributed by atoms with Gasteiger partial charge in [0.1, 0.15) is 6.04 Å². The van der Waals surface area contributed by atoms with Crippen molar-refractivity contribution in [2.24, 2.45) is 5.73 Å². The minimum atomic E-state index is -0.425. The van der Waals surface area contributed by atoms with Gasteiger partial charge in [-0.25, -0.2) is 0 Å². The minimum absolute atomic E-state index is 0.355. The zero-order valence-electron chi connectivity index (χ0n) is 9.16. The summed E-state index contributed by atoms with van der Waals surface area (Å²) in [5.41, 5.74) is 7.23. The van der Waals surface area contributed by atoms with E-state index < -0.39 is 6.04 Å². The summed E-state index contributed by atoms with van der Waals surface area (Å²) in [5.74, 6) is -0.355. The van der Waals surface area contributed by atoms with E-state index in [0.29, 0.717) is 11.1 Å². The highest BCUT2D eigenvalue weighted by Gasteiger charge is 2.28. The van der Waals surface area contributed by atoms with Crippen LogP contribution in [0.4, 0.5) is 0 Å². The second kappa shape index (κ2) is 4.44. The summed E-state index contributed by atoms with van der Waals surface area (Å²) in [6.45, 7) is 1.93. The number of halogens is 1. The molecule has 0 spiro atoms. The molecule has 1 aromatic carbocycles. The van der Waals surface area contributed by atoms with Gasteiger partial charge in [-0.3, -0.25) is 10.1 Å². The molecule has 3 nitrogen and oxygen atoms in total. The third-order valence-electron chi connectivity index (χ3n) is 2.79. The first-order valence-electron chi connectivity index (χ1n) is 5.39. The molecule has 0 aliphatic heterocycles. The smallest absolute Gasteiger partial charge is 0.239 e. The monoisotopic (exact) mass is 238 g/mol. The number of rotatable bonds is 4. The lowest BCUT2D eigenvalue weighted by atomic mass is 10.0. The highest BCUT2D eigenvalue weighted by Crippen LogP contribution is 2.26. The van der Waals surface area contributed by atoms with Crippen molar-refractivity contribution in [3.63, 3.8) is 0 Å². The second-order valence-electron chi connectivity index (χ2n) is 4.28. The molecule has 86 valence electrons. The third-order valence-corrected chi connectivity index (χ3v) is 3.20. The molecule has 1 atom stereocenters. The van der Waals surface area contributed by atoms with E-state index in [1.807, 2.05) is 25.1 Å². The van der Waals surface area contributed by atoms with Crippen molar-refractivity contribution in [3.05, 3.63) is 34.3 Å². The average Bonchev–Trinajstić information content (AvgIpc) is 3.02. The number of nitrogens with two attached hydrogens (primary N) is 1. The fraction of sp³-hybridized carbons (Fsp3) is 0.417. The topological polar surface area (TPSA) is 55.1 Å². The van der Waals surface area contributed by atoms with Gasteiger partial charge in [-0.2, -0.15) is 0 Å². The number of hydrogen-bond donors (Lipinski definition) is 2. The average molecular weight is 239 g/mol. The van der Waals surface area contributed by atoms with Gasteiger partial charge >= 0.3 is 0 Å². The molecule has 2 rings (SSSR count). The Morgan fingerprint density at radius 3 is 2.75 bits per heavy atom. The van der Waals surface area contributed by atoms with E-state index in [4.69, 9.17) is 17.3 Å². The van der Waals surface area contributed by atoms with Crippen LogP contribution in [0, 0.1) is 6.92 Å². The van der Waals surface area contributed by atoms with Gasteiger partial charge in [0, 0.05) is 11.1 Å². The highest BCUT2D eigenvalue weighted by atomic mass is 35.5. The van der Waals surface area contributed by atoms with E-state index >= 15 is 0 Å². The largest absolute Gasteiger partial charge is 0.368 e. The molecular formula is C12H15ClN2O. The summed E-state index contributed by atoms with van der Waals surface area (Å²) in [4.78, 5) is 11.4. The maximum Gasteiger partial charge on any atom is 0.239 e. The summed E-state index contributed by atoms with van der Waals surface area (Å²) >= 11 is 6.03. The molecule has 0 radical (unpaired) electrons. The molecule has 0 bridgehead atoms. The number of aryl methyl sites for hydroxylation is 1. The molecule has 1 saturated carbocycles. The van der Waals surface area contributed by atoms with Crippen molar-refractivity contribution in [3.8, 4) is 0 Å². The maximum absolute atomic E-state index is 11.4. The van der Waals surface area contributed by atoms with E-state index in [1.54, 1.807) is 0 Å². The predicted octanol–water partition coefficient (Wildman–Crippen LogP) is 1.93. The molecule has 1 fully saturated rings. The first-order chi connectivity index (χ1) is 7.58. The zero-order chi connectivity index (χ0) is 11.7. The SMILES string of the molecule is Cc1ccc(C(NC2CC2)C(N)=O)cc1Cl. The van der Waals surface area contributed by atoms with Crippen molar-refractivity contribution >= 4 is 17.5 Å². The van der Waals surface area contributed by atoms with Crippen LogP contribution in [0.2, 0.25) is 5.02 Å². The highest BCUT2D eigenvalue weighted by molar-refractivity contribution is 6.31. The lowest BCUT2D eigenvalue weighted by Crippen LogP contribution is -2.34. The van der Waals surface area contributed by atoms with Gasteiger partial charge in [-0.05, 0) is 37.0 Å². The van der Waals surface area contributed by atoms with Crippen molar-refractivity contribution < 1.29 is 4.79 Å². The van der Waals surface area contributed by atoms with E-state index in [9.17, 15) is 4.79 Å². The molecule has 1 aliphatic rings. The Bertz CT molecular complexity index is 415. The van der Waals surface area contributed by atoms with Crippen molar-refractivity contribution in [1.82, 2.24) is 5.32 Å². The van der Waals surface area contributed by atoms with Gasteiger partial charge in [-0.15, -0.1) is 0 Å². The minimum Gasteiger partial charge on any atom is -0.368 e. The second-order valence-corrected chi connectivity index (χ2v) is 4.69. The molecular weight excluding hydrogens is 224 g/mol. The van der Waals surface area contributed by atoms with Crippen LogP contribution in [0.25, 0.3) is 0 Å². The normalized spacial score (nSPS) is 17.1. The molecule has 1 amide bonds. The number of primary amides is 1. The Balaban J connectivity index is 2.22. The number of nitrogens with one attached hydrogen (secondary N) is 1. The number of amides is 1. The Kier molecular flexibility index (Phi) is 3.17. The molecule has 1 unspecified atom stereocenters. The van der Waals surface area contributed by atoms with E-state index in [2.05, 4.69) is 5.32 Å². The van der Waals surface area contributed by atoms with E-state index in [1.165, 1.54) is 0 Å². The number of carbonyl (C=O) groups is 1. The van der Waals surface area contributed by atoms with Crippen LogP contribution >= 0.6 is 11.6 Å². The van der Waals surface area contributed by atoms with Gasteiger partial charge in [-0.1, -0.05) is 23.7 Å². The van der Waals surface area contributed by atoms with Crippen LogP contribution in [0.1, 0.15) is 30.0 Å². The summed E-state index contributed by atoms with van der Waals surface area (Å²) < 4.78 is 0. The number of carbonyl (C=O) groups excluding carboxylic acids is 1. The van der Waals surface area contributed by atoms with Crippen LogP contribution < -0.4 is 11.1 Å². The fourth-order valence-electron chi connectivity index (χ4n) is 1.62. The quantitative estimate of drug-likeness (QED) is 0.842. The van der Waals surface area contributed by atoms with E-state index in [-0.39, 0.29) is 5.91 Å². The van der Waals surface area contributed by atoms with Crippen LogP contribution in [0.15, 0.2) is 18.2 Å². The zero-order valence-corrected chi connectivity index (χ0v) is 9.92. The first-order valence-corrected chi connectivity index (χ1v) is 5.77. The first kappa shape index (κ1) is 11.4. The van der Waals surface area contributed by atoms with Crippen molar-refractivity contribution in [1.29, 1.82) is 0 Å². The predicted molar refractivity (Wildman–Crippen MR) is 64.3 cm³/mol. The van der Waals surface area contributed by atoms with Crippen LogP contribution in [-0.4, -0.2) is 11.9 Å². The number of hydrogen-bond acceptors (Lipinski definition) is 2. The van der Waals surface area contributed by atoms with Crippen LogP contribution in [0.3, 0.4) is 0 Å². The lowest BCUT2D eigenvalue weighted by Gasteiger charge is -2.16. The van der Waals surface area contributed by atoms with Gasteiger partial charge < -0.3 is 5.73 Å². The summed E-state index contributed by atoms with van der Waals surface area (Å²) in [7, 11) is 0. The van der Waals surface area contributed by atoms with Crippen LogP contribution in [-0.2, 0) is 4.79 Å². The summed E-state index contributed by atoms with van der Waals surface area (Å²) in [6.07, 6.45) is 2.23. The van der Waals surface area contributed by atoms with Gasteiger partial charge in [0.2, 0.25) is 5.91 Å². The lowest BCUT2D eigenvalue weighted by molar-refractivity contribution is -0.120. The molecule has 0 saturated heterocycles.